The van der Waals surface area contributed by atoms with Gasteiger partial charge in [-0.05, 0) is 53.5 Å². The number of amides is 3. The number of carbonyl (C=O) groups is 3. The maximum Gasteiger partial charge on any atom is 0.276 e. The number of benzene rings is 3. The number of nitrogens with one attached hydrogen (secondary N) is 3. The minimum atomic E-state index is -1.29. The summed E-state index contributed by atoms with van der Waals surface area (Å²) in [4.78, 5) is 49.2. The van der Waals surface area contributed by atoms with Crippen LogP contribution < -0.4 is 20.7 Å². The van der Waals surface area contributed by atoms with E-state index in [4.69, 9.17) is 14.1 Å². The molecule has 51 heavy (non-hydrogen) atoms. The largest absolute Gasteiger partial charge is 0.469 e. The molecule has 4 aliphatic rings. The van der Waals surface area contributed by atoms with Gasteiger partial charge in [0, 0.05) is 24.2 Å². The van der Waals surface area contributed by atoms with Crippen LogP contribution in [0.4, 0.5) is 5.69 Å². The predicted molar refractivity (Wildman–Crippen MR) is 189 cm³/mol. The van der Waals surface area contributed by atoms with E-state index < -0.39 is 41.6 Å². The molecule has 3 amide bonds. The molecule has 0 saturated carbocycles. The fourth-order valence-corrected chi connectivity index (χ4v) is 8.18. The second-order valence-corrected chi connectivity index (χ2v) is 14.8. The summed E-state index contributed by atoms with van der Waals surface area (Å²) in [5.74, 6) is -0.695. The first kappa shape index (κ1) is 33.0. The molecule has 2 unspecified atom stereocenters. The second-order valence-electron chi connectivity index (χ2n) is 14.8. The number of hydrogen-bond acceptors (Lipinski definition) is 8. The van der Waals surface area contributed by atoms with Crippen LogP contribution in [0.1, 0.15) is 97.0 Å². The predicted octanol–water partition coefficient (Wildman–Crippen LogP) is 5.00. The fourth-order valence-electron chi connectivity index (χ4n) is 8.18. The van der Waals surface area contributed by atoms with Crippen LogP contribution in [0.15, 0.2) is 77.2 Å². The van der Waals surface area contributed by atoms with Crippen LogP contribution >= 0.6 is 0 Å². The first-order chi connectivity index (χ1) is 24.6. The smallest absolute Gasteiger partial charge is 0.276 e. The highest BCUT2D eigenvalue weighted by Gasteiger charge is 2.61. The Bertz CT molecular complexity index is 2010. The molecule has 264 valence electrons. The van der Waals surface area contributed by atoms with Gasteiger partial charge >= 0.3 is 0 Å². The number of ether oxygens (including phenoxy) is 1. The van der Waals surface area contributed by atoms with Gasteiger partial charge in [-0.1, -0.05) is 88.4 Å². The van der Waals surface area contributed by atoms with Gasteiger partial charge in [0.05, 0.1) is 6.04 Å². The van der Waals surface area contributed by atoms with Gasteiger partial charge in [0.1, 0.15) is 29.4 Å². The number of para-hydroxylation sites is 1. The second kappa shape index (κ2) is 12.6. The number of hydrogen-bond donors (Lipinski definition) is 4. The molecular weight excluding hydrogens is 646 g/mol. The lowest BCUT2D eigenvalue weighted by atomic mass is 9.72. The van der Waals surface area contributed by atoms with Gasteiger partial charge in [-0.2, -0.15) is 0 Å². The van der Waals surface area contributed by atoms with Crippen molar-refractivity contribution in [3.63, 3.8) is 0 Å². The number of carbonyl (C=O) groups excluding carboxylic acids is 3. The first-order valence-electron chi connectivity index (χ1n) is 17.9. The Morgan fingerprint density at radius 3 is 2.53 bits per heavy atom. The monoisotopic (exact) mass is 689 g/mol. The molecule has 11 heteroatoms. The average Bonchev–Trinajstić information content (AvgIpc) is 3.91. The lowest BCUT2D eigenvalue weighted by Crippen LogP contribution is -2.52. The van der Waals surface area contributed by atoms with Crippen molar-refractivity contribution < 1.29 is 28.6 Å². The minimum absolute atomic E-state index is 0.124. The Hall–Kier alpha value is -5.16. The average molecular weight is 690 g/mol. The van der Waals surface area contributed by atoms with Gasteiger partial charge in [0.2, 0.25) is 17.7 Å². The van der Waals surface area contributed by atoms with E-state index in [1.54, 1.807) is 13.8 Å². The van der Waals surface area contributed by atoms with Crippen molar-refractivity contribution in [1.82, 2.24) is 20.5 Å². The molecule has 8 rings (SSSR count). The quantitative estimate of drug-likeness (QED) is 0.221. The Kier molecular flexibility index (Phi) is 8.13. The van der Waals surface area contributed by atoms with Gasteiger partial charge < -0.3 is 35.1 Å². The topological polar surface area (TPSA) is 146 Å². The minimum Gasteiger partial charge on any atom is -0.469 e. The molecule has 1 aromatic heterocycles. The number of fused-ring (bicyclic) bond motifs is 4. The van der Waals surface area contributed by atoms with Gasteiger partial charge in [0.15, 0.2) is 17.7 Å². The highest BCUT2D eigenvalue weighted by atomic mass is 16.5. The molecule has 4 aliphatic heterocycles. The summed E-state index contributed by atoms with van der Waals surface area (Å²) < 4.78 is 13.5. The van der Waals surface area contributed by atoms with Crippen LogP contribution in [-0.2, 0) is 21.4 Å². The summed E-state index contributed by atoms with van der Waals surface area (Å²) >= 11 is 0. The molecule has 0 aliphatic carbocycles. The number of aliphatic hydroxyl groups is 1. The van der Waals surface area contributed by atoms with Gasteiger partial charge in [-0.15, -0.1) is 0 Å². The Morgan fingerprint density at radius 1 is 1.00 bits per heavy atom. The third-order valence-corrected chi connectivity index (χ3v) is 10.9. The van der Waals surface area contributed by atoms with Crippen LogP contribution in [0.25, 0.3) is 0 Å². The molecule has 1 spiro atoms. The zero-order chi connectivity index (χ0) is 35.6. The summed E-state index contributed by atoms with van der Waals surface area (Å²) in [6.45, 7) is 7.94. The number of rotatable bonds is 6. The molecule has 4 N–H and O–H groups in total. The van der Waals surface area contributed by atoms with Crippen LogP contribution in [0, 0.1) is 11.8 Å². The van der Waals surface area contributed by atoms with Crippen molar-refractivity contribution >= 4 is 23.4 Å². The molecular formula is C40H43N5O6. The normalized spacial score (nSPS) is 25.2. The highest BCUT2D eigenvalue weighted by Crippen LogP contribution is 2.58. The number of nitrogens with zero attached hydrogens (tertiary/aromatic N) is 2. The van der Waals surface area contributed by atoms with Crippen molar-refractivity contribution in [3.8, 4) is 5.75 Å². The molecule has 6 atom stereocenters. The van der Waals surface area contributed by atoms with Crippen LogP contribution in [0.3, 0.4) is 0 Å². The first-order valence-corrected chi connectivity index (χ1v) is 17.9. The third-order valence-electron chi connectivity index (χ3n) is 10.9. The van der Waals surface area contributed by atoms with E-state index in [1.807, 2.05) is 79.4 Å². The summed E-state index contributed by atoms with van der Waals surface area (Å²) in [6.07, 6.45) is -0.107. The van der Waals surface area contributed by atoms with Gasteiger partial charge in [-0.3, -0.25) is 14.4 Å². The van der Waals surface area contributed by atoms with Crippen LogP contribution in [-0.4, -0.2) is 57.6 Å². The van der Waals surface area contributed by atoms with Crippen molar-refractivity contribution in [2.24, 2.45) is 11.8 Å². The van der Waals surface area contributed by atoms with E-state index in [9.17, 15) is 14.7 Å². The zero-order valence-corrected chi connectivity index (χ0v) is 29.2. The number of oxazole rings is 1. The van der Waals surface area contributed by atoms with Crippen LogP contribution in [0.2, 0.25) is 0 Å². The van der Waals surface area contributed by atoms with Crippen molar-refractivity contribution in [2.75, 3.05) is 11.9 Å². The molecule has 0 radical (unpaired) electrons. The molecule has 1 fully saturated rings. The van der Waals surface area contributed by atoms with E-state index in [0.717, 1.165) is 40.8 Å². The molecule has 4 bridgehead atoms. The summed E-state index contributed by atoms with van der Waals surface area (Å²) in [5.41, 5.74) is 3.42. The molecule has 5 heterocycles. The molecule has 1 saturated heterocycles. The van der Waals surface area contributed by atoms with Crippen molar-refractivity contribution in [1.29, 1.82) is 0 Å². The zero-order valence-electron chi connectivity index (χ0n) is 29.2. The molecule has 4 aromatic rings. The SMILES string of the molecule is CC(C)[C@H](O)C(=O)N[C@H]1Cc2ccc3c(c2)C2(c4ccccc4N[C@H]2O3)c2oc(nc2C(=O)N2CCCC2c2ccccc2)[C@H](C(C)C)NC1=O. The van der Waals surface area contributed by atoms with Crippen molar-refractivity contribution in [2.45, 2.75) is 82.8 Å². The Balaban J connectivity index is 1.33. The van der Waals surface area contributed by atoms with E-state index >= 15 is 4.79 Å². The summed E-state index contributed by atoms with van der Waals surface area (Å²) in [7, 11) is 0. The lowest BCUT2D eigenvalue weighted by Gasteiger charge is -2.30. The van der Waals surface area contributed by atoms with E-state index in [1.165, 1.54) is 0 Å². The van der Waals surface area contributed by atoms with Crippen LogP contribution in [0.5, 0.6) is 5.75 Å². The van der Waals surface area contributed by atoms with Crippen molar-refractivity contribution in [3.05, 3.63) is 112 Å². The summed E-state index contributed by atoms with van der Waals surface area (Å²) in [5, 5.41) is 20.0. The Labute approximate surface area is 296 Å². The number of aromatic nitrogens is 1. The van der Waals surface area contributed by atoms with E-state index in [-0.39, 0.29) is 41.8 Å². The number of aliphatic hydroxyl groups excluding tert-OH is 1. The fraction of sp³-hybridized carbons (Fsp3) is 0.400. The Morgan fingerprint density at radius 2 is 1.76 bits per heavy atom. The summed E-state index contributed by atoms with van der Waals surface area (Å²) in [6, 6.07) is 21.8. The maximum atomic E-state index is 15.0. The number of anilines is 1. The van der Waals surface area contributed by atoms with Gasteiger partial charge in [-0.25, -0.2) is 4.98 Å². The van der Waals surface area contributed by atoms with Gasteiger partial charge in [0.25, 0.3) is 5.91 Å². The van der Waals surface area contributed by atoms with E-state index in [0.29, 0.717) is 18.1 Å². The third kappa shape index (κ3) is 5.28. The molecule has 11 nitrogen and oxygen atoms in total. The lowest BCUT2D eigenvalue weighted by molar-refractivity contribution is -0.135. The highest BCUT2D eigenvalue weighted by molar-refractivity contribution is 5.95. The van der Waals surface area contributed by atoms with E-state index in [2.05, 4.69) is 28.1 Å². The standard InChI is InChI=1S/C40H43N5O6/c1-21(2)31-37-44-32(38(49)45-18-10-15-29(45)24-11-6-5-7-12-24)34(51-37)40-25-13-8-9-14-27(25)42-39(40)50-30-17-16-23(19-26(30)40)20-28(35(47)43-31)41-36(48)33(46)22(3)4/h5-9,11-14,16-17,19,21-22,28-29,31,33,39,42,46H,10,15,18,20H2,1-4H3,(H,41,48)(H,43,47)/t28-,29?,31-,33-,39-,40?/m0/s1. The maximum absolute atomic E-state index is 15.0. The molecule has 3 aromatic carbocycles. The number of likely N-dealkylation sites (tertiary alicyclic amines) is 1.